The molecule has 0 amide bonds. The third-order valence-electron chi connectivity index (χ3n) is 2.84. The van der Waals surface area contributed by atoms with Gasteiger partial charge in [0.25, 0.3) is 0 Å². The first kappa shape index (κ1) is 11.3. The van der Waals surface area contributed by atoms with E-state index >= 15 is 0 Å². The number of nitriles is 1. The molecule has 0 N–H and O–H groups in total. The maximum atomic E-state index is 9.00. The Hall–Kier alpha value is -2.80. The standard InChI is InChI=1S/C15H11N3O/c16-9-13-8-15(14-6-7-17-18(14)10-13)19-11-12-4-2-1-3-5-12/h1-8,10H,11H2. The third kappa shape index (κ3) is 2.26. The first-order chi connectivity index (χ1) is 9.36. The number of benzene rings is 1. The van der Waals surface area contributed by atoms with Gasteiger partial charge in [0.2, 0.25) is 0 Å². The minimum absolute atomic E-state index is 0.469. The Kier molecular flexibility index (Phi) is 2.87. The van der Waals surface area contributed by atoms with Crippen molar-refractivity contribution in [3.63, 3.8) is 0 Å². The molecule has 92 valence electrons. The molecular weight excluding hydrogens is 238 g/mol. The highest BCUT2D eigenvalue weighted by molar-refractivity contribution is 5.61. The van der Waals surface area contributed by atoms with E-state index in [1.165, 1.54) is 0 Å². The van der Waals surface area contributed by atoms with E-state index in [4.69, 9.17) is 10.00 Å². The molecule has 19 heavy (non-hydrogen) atoms. The summed E-state index contributed by atoms with van der Waals surface area (Å²) < 4.78 is 7.45. The van der Waals surface area contributed by atoms with E-state index in [9.17, 15) is 0 Å². The SMILES string of the molecule is N#Cc1cc(OCc2ccccc2)c2ccnn2c1. The number of hydrogen-bond donors (Lipinski definition) is 0. The van der Waals surface area contributed by atoms with Crippen LogP contribution in [-0.2, 0) is 6.61 Å². The van der Waals surface area contributed by atoms with Gasteiger partial charge < -0.3 is 4.74 Å². The summed E-state index contributed by atoms with van der Waals surface area (Å²) in [6.07, 6.45) is 3.37. The Morgan fingerprint density at radius 1 is 1.21 bits per heavy atom. The molecule has 0 aliphatic heterocycles. The van der Waals surface area contributed by atoms with Gasteiger partial charge in [-0.3, -0.25) is 0 Å². The van der Waals surface area contributed by atoms with Crippen LogP contribution in [-0.4, -0.2) is 9.61 Å². The molecule has 3 rings (SSSR count). The Labute approximate surface area is 110 Å². The van der Waals surface area contributed by atoms with Crippen molar-refractivity contribution in [1.82, 2.24) is 9.61 Å². The third-order valence-corrected chi connectivity index (χ3v) is 2.84. The van der Waals surface area contributed by atoms with Crippen LogP contribution in [0.4, 0.5) is 0 Å². The first-order valence-electron chi connectivity index (χ1n) is 5.91. The maximum absolute atomic E-state index is 9.00. The van der Waals surface area contributed by atoms with Gasteiger partial charge in [-0.2, -0.15) is 10.4 Å². The Morgan fingerprint density at radius 3 is 2.84 bits per heavy atom. The van der Waals surface area contributed by atoms with E-state index < -0.39 is 0 Å². The van der Waals surface area contributed by atoms with E-state index in [-0.39, 0.29) is 0 Å². The number of pyridine rings is 1. The zero-order valence-corrected chi connectivity index (χ0v) is 10.2. The molecule has 0 radical (unpaired) electrons. The predicted molar refractivity (Wildman–Crippen MR) is 70.7 cm³/mol. The lowest BCUT2D eigenvalue weighted by Gasteiger charge is -2.08. The van der Waals surface area contributed by atoms with E-state index in [2.05, 4.69) is 11.2 Å². The predicted octanol–water partition coefficient (Wildman–Crippen LogP) is 2.78. The van der Waals surface area contributed by atoms with Gasteiger partial charge in [0.1, 0.15) is 23.9 Å². The molecule has 4 nitrogen and oxygen atoms in total. The monoisotopic (exact) mass is 249 g/mol. The van der Waals surface area contributed by atoms with Crippen LogP contribution in [0, 0.1) is 11.3 Å². The van der Waals surface area contributed by atoms with Crippen molar-refractivity contribution in [2.45, 2.75) is 6.61 Å². The largest absolute Gasteiger partial charge is 0.487 e. The van der Waals surface area contributed by atoms with Gasteiger partial charge in [0, 0.05) is 12.3 Å². The average molecular weight is 249 g/mol. The van der Waals surface area contributed by atoms with Crippen LogP contribution in [0.5, 0.6) is 5.75 Å². The molecule has 1 aromatic carbocycles. The smallest absolute Gasteiger partial charge is 0.146 e. The van der Waals surface area contributed by atoms with E-state index in [1.54, 1.807) is 23.0 Å². The topological polar surface area (TPSA) is 50.3 Å². The molecule has 0 aliphatic carbocycles. The van der Waals surface area contributed by atoms with Gasteiger partial charge in [-0.05, 0) is 11.6 Å². The van der Waals surface area contributed by atoms with Crippen LogP contribution in [0.2, 0.25) is 0 Å². The van der Waals surface area contributed by atoms with Crippen LogP contribution in [0.3, 0.4) is 0 Å². The highest BCUT2D eigenvalue weighted by Gasteiger charge is 2.06. The summed E-state index contributed by atoms with van der Waals surface area (Å²) in [5.41, 5.74) is 2.47. The minimum atomic E-state index is 0.469. The normalized spacial score (nSPS) is 10.3. The van der Waals surface area contributed by atoms with Crippen molar-refractivity contribution in [3.05, 3.63) is 66.0 Å². The van der Waals surface area contributed by atoms with Gasteiger partial charge in [0.05, 0.1) is 11.8 Å². The van der Waals surface area contributed by atoms with E-state index in [0.29, 0.717) is 17.9 Å². The molecule has 0 unspecified atom stereocenters. The molecule has 4 heteroatoms. The number of ether oxygens (including phenoxy) is 1. The van der Waals surface area contributed by atoms with Crippen LogP contribution in [0.1, 0.15) is 11.1 Å². The minimum Gasteiger partial charge on any atom is -0.487 e. The van der Waals surface area contributed by atoms with Crippen LogP contribution in [0.25, 0.3) is 5.52 Å². The molecule has 0 aliphatic rings. The number of rotatable bonds is 3. The van der Waals surface area contributed by atoms with Gasteiger partial charge >= 0.3 is 0 Å². The molecule has 2 aromatic heterocycles. The quantitative estimate of drug-likeness (QED) is 0.717. The van der Waals surface area contributed by atoms with Crippen LogP contribution < -0.4 is 4.74 Å². The fraction of sp³-hybridized carbons (Fsp3) is 0.0667. The average Bonchev–Trinajstić information content (AvgIpc) is 2.94. The molecule has 0 fully saturated rings. The molecular formula is C15H11N3O. The lowest BCUT2D eigenvalue weighted by molar-refractivity contribution is 0.308. The van der Waals surface area contributed by atoms with Crippen LogP contribution in [0.15, 0.2) is 54.9 Å². The highest BCUT2D eigenvalue weighted by Crippen LogP contribution is 2.22. The number of aromatic nitrogens is 2. The van der Waals surface area contributed by atoms with Crippen molar-refractivity contribution in [3.8, 4) is 11.8 Å². The summed E-state index contributed by atoms with van der Waals surface area (Å²) in [5.74, 6) is 0.667. The summed E-state index contributed by atoms with van der Waals surface area (Å²) in [7, 11) is 0. The Balaban J connectivity index is 1.92. The van der Waals surface area contributed by atoms with Gasteiger partial charge in [-0.1, -0.05) is 30.3 Å². The second-order valence-electron chi connectivity index (χ2n) is 4.14. The molecule has 0 saturated heterocycles. The summed E-state index contributed by atoms with van der Waals surface area (Å²) >= 11 is 0. The van der Waals surface area contributed by atoms with E-state index in [1.807, 2.05) is 36.4 Å². The summed E-state index contributed by atoms with van der Waals surface area (Å²) in [4.78, 5) is 0. The van der Waals surface area contributed by atoms with Gasteiger partial charge in [0.15, 0.2) is 0 Å². The molecule has 0 spiro atoms. The second-order valence-corrected chi connectivity index (χ2v) is 4.14. The van der Waals surface area contributed by atoms with Crippen molar-refractivity contribution in [2.24, 2.45) is 0 Å². The van der Waals surface area contributed by atoms with Crippen molar-refractivity contribution >= 4 is 5.52 Å². The van der Waals surface area contributed by atoms with Crippen molar-refractivity contribution in [1.29, 1.82) is 5.26 Å². The molecule has 2 heterocycles. The summed E-state index contributed by atoms with van der Waals surface area (Å²) in [6, 6.07) is 15.6. The zero-order valence-electron chi connectivity index (χ0n) is 10.2. The van der Waals surface area contributed by atoms with E-state index in [0.717, 1.165) is 11.1 Å². The van der Waals surface area contributed by atoms with Crippen LogP contribution >= 0.6 is 0 Å². The number of nitrogens with zero attached hydrogens (tertiary/aromatic N) is 3. The number of hydrogen-bond acceptors (Lipinski definition) is 3. The van der Waals surface area contributed by atoms with Crippen molar-refractivity contribution in [2.75, 3.05) is 0 Å². The van der Waals surface area contributed by atoms with Gasteiger partial charge in [-0.25, -0.2) is 4.52 Å². The Morgan fingerprint density at radius 2 is 2.05 bits per heavy atom. The molecule has 0 saturated carbocycles. The lowest BCUT2D eigenvalue weighted by Crippen LogP contribution is -1.98. The Bertz CT molecular complexity index is 741. The first-order valence-corrected chi connectivity index (χ1v) is 5.91. The molecule has 3 aromatic rings. The maximum Gasteiger partial charge on any atom is 0.146 e. The van der Waals surface area contributed by atoms with Crippen molar-refractivity contribution < 1.29 is 4.74 Å². The lowest BCUT2D eigenvalue weighted by atomic mass is 10.2. The zero-order chi connectivity index (χ0) is 13.1. The highest BCUT2D eigenvalue weighted by atomic mass is 16.5. The fourth-order valence-electron chi connectivity index (χ4n) is 1.91. The summed E-state index contributed by atoms with van der Waals surface area (Å²) in [5, 5.41) is 13.1. The van der Waals surface area contributed by atoms with Gasteiger partial charge in [-0.15, -0.1) is 0 Å². The molecule has 0 atom stereocenters. The molecule has 0 bridgehead atoms. The fourth-order valence-corrected chi connectivity index (χ4v) is 1.91. The second kappa shape index (κ2) is 4.83. The summed E-state index contributed by atoms with van der Waals surface area (Å²) in [6.45, 7) is 0.469. The number of fused-ring (bicyclic) bond motifs is 1.